The summed E-state index contributed by atoms with van der Waals surface area (Å²) in [7, 11) is 0. The van der Waals surface area contributed by atoms with Crippen LogP contribution in [0.1, 0.15) is 20.8 Å². The number of carboxylic acid groups (broad SMARTS) is 1. The van der Waals surface area contributed by atoms with Crippen LogP contribution < -0.4 is 0 Å². The van der Waals surface area contributed by atoms with Gasteiger partial charge in [0.25, 0.3) is 5.97 Å². The summed E-state index contributed by atoms with van der Waals surface area (Å²) >= 11 is 0. The van der Waals surface area contributed by atoms with Crippen molar-refractivity contribution in [1.29, 1.82) is 0 Å². The summed E-state index contributed by atoms with van der Waals surface area (Å²) in [6.45, 7) is 11.7. The van der Waals surface area contributed by atoms with E-state index in [1.54, 1.807) is 13.8 Å². The van der Waals surface area contributed by atoms with Crippen molar-refractivity contribution >= 4 is 5.97 Å². The van der Waals surface area contributed by atoms with Crippen molar-refractivity contribution in [3.63, 3.8) is 0 Å². The summed E-state index contributed by atoms with van der Waals surface area (Å²) < 4.78 is 4.86. The molecule has 0 aliphatic carbocycles. The Bertz CT molecular complexity index is 143. The van der Waals surface area contributed by atoms with Crippen LogP contribution in [0.15, 0.2) is 24.7 Å². The molecule has 64 valence electrons. The third-order valence-corrected chi connectivity index (χ3v) is 0.348. The molecule has 3 heteroatoms. The summed E-state index contributed by atoms with van der Waals surface area (Å²) in [6, 6.07) is 0. The molecular formula is C8H14O3. The second kappa shape index (κ2) is 6.86. The first-order valence-corrected chi connectivity index (χ1v) is 3.04. The minimum atomic E-state index is -0.833. The third kappa shape index (κ3) is 52.7. The Morgan fingerprint density at radius 1 is 1.18 bits per heavy atom. The summed E-state index contributed by atoms with van der Waals surface area (Å²) in [5, 5.41) is 7.42. The number of aliphatic carboxylic acids is 1. The number of hydrogen-bond donors (Lipinski definition) is 1. The minimum Gasteiger partial charge on any atom is -0.481 e. The van der Waals surface area contributed by atoms with E-state index in [2.05, 4.69) is 13.2 Å². The fourth-order valence-electron chi connectivity index (χ4n) is 0.297. The van der Waals surface area contributed by atoms with Crippen molar-refractivity contribution < 1.29 is 14.6 Å². The maximum Gasteiger partial charge on any atom is 0.300 e. The van der Waals surface area contributed by atoms with E-state index < -0.39 is 5.97 Å². The predicted molar refractivity (Wildman–Crippen MR) is 44.0 cm³/mol. The minimum absolute atomic E-state index is 0.688. The zero-order valence-electron chi connectivity index (χ0n) is 7.18. The van der Waals surface area contributed by atoms with Gasteiger partial charge in [-0.1, -0.05) is 13.2 Å². The maximum absolute atomic E-state index is 9.00. The quantitative estimate of drug-likeness (QED) is 0.626. The average molecular weight is 158 g/mol. The first-order valence-electron chi connectivity index (χ1n) is 3.04. The normalized spacial score (nSPS) is 7.18. The molecule has 0 saturated carbocycles. The Labute approximate surface area is 67.0 Å². The maximum atomic E-state index is 9.00. The van der Waals surface area contributed by atoms with E-state index in [1.165, 1.54) is 0 Å². The number of allylic oxidation sites excluding steroid dienone is 2. The standard InChI is InChI=1S/C6H10O.C2H4O2/c1-5(2)7-6(3)4;1-2(3)4/h1,3H2,2,4H3;1H3,(H,3,4). The molecule has 0 atom stereocenters. The molecule has 0 aromatic carbocycles. The third-order valence-electron chi connectivity index (χ3n) is 0.348. The van der Waals surface area contributed by atoms with E-state index in [9.17, 15) is 0 Å². The molecule has 1 N–H and O–H groups in total. The predicted octanol–water partition coefficient (Wildman–Crippen LogP) is 2.16. The Morgan fingerprint density at radius 3 is 1.36 bits per heavy atom. The molecule has 0 radical (unpaired) electrons. The fraction of sp³-hybridized carbons (Fsp3) is 0.375. The van der Waals surface area contributed by atoms with Crippen LogP contribution in [0.2, 0.25) is 0 Å². The van der Waals surface area contributed by atoms with Gasteiger partial charge in [0.15, 0.2) is 0 Å². The van der Waals surface area contributed by atoms with Gasteiger partial charge < -0.3 is 9.84 Å². The number of rotatable bonds is 2. The van der Waals surface area contributed by atoms with Crippen LogP contribution in [-0.2, 0) is 9.53 Å². The number of carboxylic acids is 1. The van der Waals surface area contributed by atoms with E-state index in [-0.39, 0.29) is 0 Å². The zero-order chi connectivity index (χ0) is 9.44. The molecule has 0 aromatic heterocycles. The lowest BCUT2D eigenvalue weighted by Crippen LogP contribution is -1.78. The van der Waals surface area contributed by atoms with Gasteiger partial charge in [-0.3, -0.25) is 4.79 Å². The Morgan fingerprint density at radius 2 is 1.36 bits per heavy atom. The number of hydrogen-bond acceptors (Lipinski definition) is 2. The van der Waals surface area contributed by atoms with Crippen molar-refractivity contribution in [2.24, 2.45) is 0 Å². The molecule has 0 heterocycles. The van der Waals surface area contributed by atoms with Gasteiger partial charge in [-0.15, -0.1) is 0 Å². The lowest BCUT2D eigenvalue weighted by Gasteiger charge is -1.99. The van der Waals surface area contributed by atoms with E-state index >= 15 is 0 Å². The highest BCUT2D eigenvalue weighted by molar-refractivity contribution is 5.62. The highest BCUT2D eigenvalue weighted by atomic mass is 16.5. The lowest BCUT2D eigenvalue weighted by atomic mass is 10.6. The van der Waals surface area contributed by atoms with Gasteiger partial charge in [0, 0.05) is 6.92 Å². The second-order valence-electron chi connectivity index (χ2n) is 2.03. The number of ether oxygens (including phenoxy) is 1. The van der Waals surface area contributed by atoms with Gasteiger partial charge in [-0.25, -0.2) is 0 Å². The molecule has 0 spiro atoms. The van der Waals surface area contributed by atoms with Gasteiger partial charge in [-0.2, -0.15) is 0 Å². The fourth-order valence-corrected chi connectivity index (χ4v) is 0.297. The largest absolute Gasteiger partial charge is 0.481 e. The van der Waals surface area contributed by atoms with Crippen molar-refractivity contribution in [3.8, 4) is 0 Å². The van der Waals surface area contributed by atoms with Crippen LogP contribution in [0.5, 0.6) is 0 Å². The Kier molecular flexibility index (Phi) is 7.76. The molecule has 0 aliphatic rings. The zero-order valence-corrected chi connectivity index (χ0v) is 7.18. The van der Waals surface area contributed by atoms with Gasteiger partial charge in [0.2, 0.25) is 0 Å². The van der Waals surface area contributed by atoms with Crippen molar-refractivity contribution in [2.45, 2.75) is 20.8 Å². The van der Waals surface area contributed by atoms with Crippen LogP contribution in [0, 0.1) is 0 Å². The monoisotopic (exact) mass is 158 g/mol. The van der Waals surface area contributed by atoms with Gasteiger partial charge in [0.1, 0.15) is 0 Å². The van der Waals surface area contributed by atoms with E-state index in [0.29, 0.717) is 11.5 Å². The van der Waals surface area contributed by atoms with Crippen LogP contribution in [-0.4, -0.2) is 11.1 Å². The molecule has 0 fully saturated rings. The topological polar surface area (TPSA) is 46.5 Å². The lowest BCUT2D eigenvalue weighted by molar-refractivity contribution is -0.134. The summed E-state index contributed by atoms with van der Waals surface area (Å²) in [6.07, 6.45) is 0. The molecule has 0 saturated heterocycles. The molecule has 0 aliphatic heterocycles. The van der Waals surface area contributed by atoms with Crippen LogP contribution in [0.25, 0.3) is 0 Å². The summed E-state index contributed by atoms with van der Waals surface area (Å²) in [5.74, 6) is 0.542. The first kappa shape index (κ1) is 12.4. The highest BCUT2D eigenvalue weighted by Gasteiger charge is 1.80. The average Bonchev–Trinajstić information content (AvgIpc) is 1.56. The van der Waals surface area contributed by atoms with Crippen molar-refractivity contribution in [3.05, 3.63) is 24.7 Å². The number of carbonyl (C=O) groups is 1. The van der Waals surface area contributed by atoms with Crippen LogP contribution in [0.3, 0.4) is 0 Å². The van der Waals surface area contributed by atoms with Crippen molar-refractivity contribution in [2.75, 3.05) is 0 Å². The molecule has 0 unspecified atom stereocenters. The van der Waals surface area contributed by atoms with E-state index in [1.807, 2.05) is 0 Å². The highest BCUT2D eigenvalue weighted by Crippen LogP contribution is 1.97. The second-order valence-corrected chi connectivity index (χ2v) is 2.03. The van der Waals surface area contributed by atoms with Crippen molar-refractivity contribution in [1.82, 2.24) is 0 Å². The first-order chi connectivity index (χ1) is 4.86. The van der Waals surface area contributed by atoms with Gasteiger partial charge in [-0.05, 0) is 13.8 Å². The summed E-state index contributed by atoms with van der Waals surface area (Å²) in [5.41, 5.74) is 0. The SMILES string of the molecule is C=C(C)OC(=C)C.CC(=O)O. The smallest absolute Gasteiger partial charge is 0.300 e. The Hall–Kier alpha value is -1.25. The molecule has 0 bridgehead atoms. The molecular weight excluding hydrogens is 144 g/mol. The van der Waals surface area contributed by atoms with E-state index in [0.717, 1.165) is 6.92 Å². The molecule has 0 rings (SSSR count). The van der Waals surface area contributed by atoms with Crippen LogP contribution >= 0.6 is 0 Å². The molecule has 0 aromatic rings. The Balaban J connectivity index is 0. The molecule has 0 amide bonds. The van der Waals surface area contributed by atoms with Gasteiger partial charge >= 0.3 is 0 Å². The summed E-state index contributed by atoms with van der Waals surface area (Å²) in [4.78, 5) is 9.00. The molecule has 3 nitrogen and oxygen atoms in total. The molecule has 11 heavy (non-hydrogen) atoms. The van der Waals surface area contributed by atoms with Crippen LogP contribution in [0.4, 0.5) is 0 Å². The van der Waals surface area contributed by atoms with Gasteiger partial charge in [0.05, 0.1) is 11.5 Å². The van der Waals surface area contributed by atoms with E-state index in [4.69, 9.17) is 14.6 Å².